The van der Waals surface area contributed by atoms with E-state index in [0.29, 0.717) is 38.5 Å². The first-order valence-corrected chi connectivity index (χ1v) is 10.7. The van der Waals surface area contributed by atoms with Crippen LogP contribution in [0, 0.1) is 34.0 Å². The van der Waals surface area contributed by atoms with E-state index in [1.807, 2.05) is 12.2 Å². The number of allylic oxidation sites excluding steroid dienone is 2. The molecule has 3 aliphatic carbocycles. The third-order valence-electron chi connectivity index (χ3n) is 8.23. The fourth-order valence-corrected chi connectivity index (χ4v) is 6.38. The Balaban J connectivity index is 1.93. The molecule has 172 valence electrons. The molecule has 3 aliphatic rings. The summed E-state index contributed by atoms with van der Waals surface area (Å²) in [5, 5.41) is 0. The first kappa shape index (κ1) is 23.3. The van der Waals surface area contributed by atoms with E-state index in [9.17, 15) is 19.2 Å². The predicted molar refractivity (Wildman–Crippen MR) is 108 cm³/mol. The summed E-state index contributed by atoms with van der Waals surface area (Å²) in [4.78, 5) is 50.4. The Bertz CT molecular complexity index is 767. The van der Waals surface area contributed by atoms with E-state index in [-0.39, 0.29) is 23.2 Å². The van der Waals surface area contributed by atoms with Crippen LogP contribution >= 0.6 is 0 Å². The van der Waals surface area contributed by atoms with Gasteiger partial charge in [0.2, 0.25) is 0 Å². The van der Waals surface area contributed by atoms with E-state index >= 15 is 0 Å². The monoisotopic (exact) mass is 436 g/mol. The van der Waals surface area contributed by atoms with E-state index < -0.39 is 34.7 Å². The molecule has 0 aromatic heterocycles. The predicted octanol–water partition coefficient (Wildman–Crippen LogP) is 2.44. The second-order valence-electron chi connectivity index (χ2n) is 9.35. The highest BCUT2D eigenvalue weighted by atomic mass is 16.6. The maximum absolute atomic E-state index is 12.6. The number of hydrogen-bond acceptors (Lipinski definition) is 8. The molecule has 0 amide bonds. The van der Waals surface area contributed by atoms with Crippen LogP contribution in [0.15, 0.2) is 12.2 Å². The van der Waals surface area contributed by atoms with Crippen molar-refractivity contribution in [3.05, 3.63) is 12.2 Å². The summed E-state index contributed by atoms with van der Waals surface area (Å²) in [6, 6.07) is 0. The van der Waals surface area contributed by atoms with Gasteiger partial charge in [-0.25, -0.2) is 0 Å². The van der Waals surface area contributed by atoms with Gasteiger partial charge >= 0.3 is 23.9 Å². The van der Waals surface area contributed by atoms with E-state index in [4.69, 9.17) is 18.9 Å². The number of rotatable bonds is 4. The highest BCUT2D eigenvalue weighted by Crippen LogP contribution is 2.62. The van der Waals surface area contributed by atoms with E-state index in [1.54, 1.807) is 0 Å². The molecule has 0 heterocycles. The van der Waals surface area contributed by atoms with Gasteiger partial charge in [-0.2, -0.15) is 0 Å². The van der Waals surface area contributed by atoms with Crippen LogP contribution in [0.25, 0.3) is 0 Å². The molecule has 0 aliphatic heterocycles. The number of carbonyl (C=O) groups excluding carboxylic acids is 4. The summed E-state index contributed by atoms with van der Waals surface area (Å²) in [5.41, 5.74) is -2.78. The fourth-order valence-electron chi connectivity index (χ4n) is 6.38. The maximum atomic E-state index is 12.6. The Morgan fingerprint density at radius 1 is 0.710 bits per heavy atom. The second-order valence-corrected chi connectivity index (χ2v) is 9.35. The zero-order valence-corrected chi connectivity index (χ0v) is 18.9. The molecular weight excluding hydrogens is 404 g/mol. The van der Waals surface area contributed by atoms with Crippen LogP contribution in [0.1, 0.15) is 45.4 Å². The van der Waals surface area contributed by atoms with Crippen molar-refractivity contribution in [3.8, 4) is 0 Å². The van der Waals surface area contributed by atoms with Crippen molar-refractivity contribution in [2.24, 2.45) is 34.0 Å². The molecule has 8 heteroatoms. The van der Waals surface area contributed by atoms with Crippen LogP contribution in [0.3, 0.4) is 0 Å². The molecule has 8 nitrogen and oxygen atoms in total. The normalized spacial score (nSPS) is 32.6. The Labute approximate surface area is 182 Å². The van der Waals surface area contributed by atoms with Crippen LogP contribution in [-0.4, -0.2) is 52.3 Å². The lowest BCUT2D eigenvalue weighted by Gasteiger charge is -2.57. The van der Waals surface area contributed by atoms with Crippen molar-refractivity contribution in [1.29, 1.82) is 0 Å². The first-order chi connectivity index (χ1) is 14.6. The zero-order valence-electron chi connectivity index (χ0n) is 18.9. The molecule has 0 unspecified atom stereocenters. The standard InChI is InChI=1S/C23H32O8/c1-21-10-11-23(19(26)30-4,20(27)31-5)13-15(21)7-6-14-12-22(17(24)28-2,18(25)29-3)9-8-16(14)21/h6-7,14-16H,8-13H2,1-5H3/t14-,15+,16-,21-/m0/s1. The molecule has 0 spiro atoms. The average molecular weight is 437 g/mol. The first-order valence-electron chi connectivity index (χ1n) is 10.7. The quantitative estimate of drug-likeness (QED) is 0.286. The molecule has 2 saturated carbocycles. The minimum absolute atomic E-state index is 0.00282. The molecule has 4 atom stereocenters. The van der Waals surface area contributed by atoms with Crippen molar-refractivity contribution in [3.63, 3.8) is 0 Å². The highest BCUT2D eigenvalue weighted by molar-refractivity contribution is 6.01. The van der Waals surface area contributed by atoms with Crippen molar-refractivity contribution >= 4 is 23.9 Å². The Morgan fingerprint density at radius 3 is 1.68 bits per heavy atom. The largest absolute Gasteiger partial charge is 0.468 e. The summed E-state index contributed by atoms with van der Waals surface area (Å²) in [6.07, 6.45) is 6.69. The Morgan fingerprint density at radius 2 is 1.19 bits per heavy atom. The van der Waals surface area contributed by atoms with Gasteiger partial charge in [0.15, 0.2) is 10.8 Å². The molecule has 0 N–H and O–H groups in total. The number of fused-ring (bicyclic) bond motifs is 3. The Hall–Kier alpha value is -2.38. The molecule has 0 radical (unpaired) electrons. The summed E-state index contributed by atoms with van der Waals surface area (Å²) in [5.74, 6) is -2.05. The van der Waals surface area contributed by atoms with Gasteiger partial charge in [-0.15, -0.1) is 0 Å². The van der Waals surface area contributed by atoms with Crippen molar-refractivity contribution in [2.75, 3.05) is 28.4 Å². The lowest BCUT2D eigenvalue weighted by atomic mass is 9.47. The third kappa shape index (κ3) is 3.34. The minimum atomic E-state index is -1.30. The molecule has 2 fully saturated rings. The summed E-state index contributed by atoms with van der Waals surface area (Å²) in [6.45, 7) is 2.18. The number of hydrogen-bond donors (Lipinski definition) is 0. The number of ether oxygens (including phenoxy) is 4. The molecule has 0 aromatic carbocycles. The molecule has 3 rings (SSSR count). The number of methoxy groups -OCH3 is 4. The summed E-state index contributed by atoms with van der Waals surface area (Å²) >= 11 is 0. The topological polar surface area (TPSA) is 105 Å². The Kier molecular flexibility index (Phi) is 6.22. The molecule has 0 aromatic rings. The van der Waals surface area contributed by atoms with Crippen molar-refractivity contribution in [2.45, 2.75) is 45.4 Å². The second kappa shape index (κ2) is 8.28. The lowest BCUT2D eigenvalue weighted by Crippen LogP contribution is -2.56. The van der Waals surface area contributed by atoms with Crippen LogP contribution in [0.2, 0.25) is 0 Å². The van der Waals surface area contributed by atoms with Gasteiger partial charge in [0.25, 0.3) is 0 Å². The summed E-state index contributed by atoms with van der Waals surface area (Å²) in [7, 11) is 5.14. The fraction of sp³-hybridized carbons (Fsp3) is 0.739. The van der Waals surface area contributed by atoms with E-state index in [1.165, 1.54) is 28.4 Å². The third-order valence-corrected chi connectivity index (χ3v) is 8.23. The van der Waals surface area contributed by atoms with Crippen molar-refractivity contribution in [1.82, 2.24) is 0 Å². The van der Waals surface area contributed by atoms with Crippen LogP contribution < -0.4 is 0 Å². The highest BCUT2D eigenvalue weighted by Gasteiger charge is 2.62. The van der Waals surface area contributed by atoms with Gasteiger partial charge in [-0.1, -0.05) is 19.1 Å². The molecule has 0 saturated heterocycles. The SMILES string of the molecule is COC(=O)C1(C(=O)OC)CC[C@@]2(C)[C@H](C=C[C@H]3CC(C(=O)OC)(C(=O)OC)CC[C@@H]32)C1. The van der Waals surface area contributed by atoms with E-state index in [2.05, 4.69) is 6.92 Å². The molecular formula is C23H32O8. The van der Waals surface area contributed by atoms with Crippen LogP contribution in [0.5, 0.6) is 0 Å². The van der Waals surface area contributed by atoms with Gasteiger partial charge in [-0.3, -0.25) is 19.2 Å². The lowest BCUT2D eigenvalue weighted by molar-refractivity contribution is -0.182. The van der Waals surface area contributed by atoms with Gasteiger partial charge in [0.05, 0.1) is 28.4 Å². The van der Waals surface area contributed by atoms with Gasteiger partial charge in [0, 0.05) is 0 Å². The molecule has 31 heavy (non-hydrogen) atoms. The van der Waals surface area contributed by atoms with Crippen LogP contribution in [-0.2, 0) is 38.1 Å². The summed E-state index contributed by atoms with van der Waals surface area (Å²) < 4.78 is 19.9. The maximum Gasteiger partial charge on any atom is 0.323 e. The zero-order chi connectivity index (χ0) is 23.0. The van der Waals surface area contributed by atoms with Crippen molar-refractivity contribution < 1.29 is 38.1 Å². The van der Waals surface area contributed by atoms with Gasteiger partial charge in [0.1, 0.15) is 0 Å². The number of esters is 4. The minimum Gasteiger partial charge on any atom is -0.468 e. The van der Waals surface area contributed by atoms with E-state index in [0.717, 1.165) is 0 Å². The molecule has 0 bridgehead atoms. The van der Waals surface area contributed by atoms with Crippen LogP contribution in [0.4, 0.5) is 0 Å². The smallest absolute Gasteiger partial charge is 0.323 e. The van der Waals surface area contributed by atoms with Gasteiger partial charge < -0.3 is 18.9 Å². The number of carbonyl (C=O) groups is 4. The van der Waals surface area contributed by atoms with Gasteiger partial charge in [-0.05, 0) is 61.7 Å². The average Bonchev–Trinajstić information content (AvgIpc) is 2.80.